The number of benzene rings is 2. The van der Waals surface area contributed by atoms with Gasteiger partial charge < -0.3 is 19.9 Å². The van der Waals surface area contributed by atoms with E-state index in [1.807, 2.05) is 49.4 Å². The maximum atomic E-state index is 5.88. The summed E-state index contributed by atoms with van der Waals surface area (Å²) < 4.78 is 18.1. The van der Waals surface area contributed by atoms with Crippen molar-refractivity contribution >= 4 is 12.2 Å². The Balaban J connectivity index is 1.77. The molecule has 0 unspecified atom stereocenters. The zero-order chi connectivity index (χ0) is 19.2. The van der Waals surface area contributed by atoms with Gasteiger partial charge in [0, 0.05) is 11.6 Å². The summed E-state index contributed by atoms with van der Waals surface area (Å²) in [7, 11) is 3.26. The molecule has 1 aromatic heterocycles. The Bertz CT molecular complexity index is 950. The topological polar surface area (TPSA) is 83.9 Å². The van der Waals surface area contributed by atoms with Crippen LogP contribution in [0.15, 0.2) is 53.8 Å². The first-order chi connectivity index (χ1) is 13.1. The maximum absolute atomic E-state index is 5.88. The molecular weight excluding hydrogens is 344 g/mol. The Morgan fingerprint density at radius 2 is 1.93 bits per heavy atom. The summed E-state index contributed by atoms with van der Waals surface area (Å²) in [6.45, 7) is 2.22. The fourth-order valence-corrected chi connectivity index (χ4v) is 2.57. The molecule has 140 valence electrons. The zero-order valence-corrected chi connectivity index (χ0v) is 15.5. The van der Waals surface area contributed by atoms with Gasteiger partial charge in [0.25, 0.3) is 0 Å². The van der Waals surface area contributed by atoms with Crippen LogP contribution in [0.2, 0.25) is 0 Å². The molecule has 0 atom stereocenters. The van der Waals surface area contributed by atoms with Crippen molar-refractivity contribution in [3.05, 3.63) is 65.5 Å². The lowest BCUT2D eigenvalue weighted by Gasteiger charge is -2.12. The number of rotatable bonds is 7. The molecule has 1 heterocycles. The lowest BCUT2D eigenvalue weighted by atomic mass is 10.1. The number of ether oxygens (including phenoxy) is 3. The molecule has 7 nitrogen and oxygen atoms in total. The van der Waals surface area contributed by atoms with Gasteiger partial charge in [0.1, 0.15) is 23.9 Å². The third-order valence-electron chi connectivity index (χ3n) is 3.91. The molecule has 0 spiro atoms. The second-order valence-corrected chi connectivity index (χ2v) is 5.87. The van der Waals surface area contributed by atoms with Gasteiger partial charge in [0.15, 0.2) is 0 Å². The van der Waals surface area contributed by atoms with Gasteiger partial charge in [-0.15, -0.1) is 0 Å². The maximum Gasteiger partial charge on any atom is 0.221 e. The SMILES string of the molecule is COc1cccc(OCc2cc(C=Nn3cc(C)nc3N)ccc2OC)c1. The molecule has 2 aromatic carbocycles. The molecule has 0 aliphatic rings. The Hall–Kier alpha value is -3.48. The molecule has 0 bridgehead atoms. The van der Waals surface area contributed by atoms with Gasteiger partial charge in [-0.05, 0) is 42.8 Å². The van der Waals surface area contributed by atoms with Gasteiger partial charge in [-0.1, -0.05) is 6.07 Å². The minimum atomic E-state index is 0.346. The molecule has 0 amide bonds. The van der Waals surface area contributed by atoms with E-state index >= 15 is 0 Å². The number of nitrogens with two attached hydrogens (primary N) is 1. The molecule has 0 saturated carbocycles. The van der Waals surface area contributed by atoms with E-state index in [1.54, 1.807) is 26.6 Å². The quantitative estimate of drug-likeness (QED) is 0.649. The Morgan fingerprint density at radius 1 is 1.11 bits per heavy atom. The monoisotopic (exact) mass is 366 g/mol. The van der Waals surface area contributed by atoms with Crippen molar-refractivity contribution in [1.29, 1.82) is 0 Å². The number of nitrogens with zero attached hydrogens (tertiary/aromatic N) is 3. The number of hydrogen-bond donors (Lipinski definition) is 1. The molecule has 0 aliphatic carbocycles. The number of anilines is 1. The van der Waals surface area contributed by atoms with Crippen LogP contribution in [0.4, 0.5) is 5.95 Å². The van der Waals surface area contributed by atoms with E-state index in [-0.39, 0.29) is 0 Å². The molecule has 0 fully saturated rings. The third-order valence-corrected chi connectivity index (χ3v) is 3.91. The number of aryl methyl sites for hydroxylation is 1. The van der Waals surface area contributed by atoms with Crippen molar-refractivity contribution in [2.75, 3.05) is 20.0 Å². The first kappa shape index (κ1) is 18.3. The minimum Gasteiger partial charge on any atom is -0.497 e. The van der Waals surface area contributed by atoms with Crippen molar-refractivity contribution in [2.24, 2.45) is 5.10 Å². The molecule has 7 heteroatoms. The molecule has 2 N–H and O–H groups in total. The smallest absolute Gasteiger partial charge is 0.221 e. The summed E-state index contributed by atoms with van der Waals surface area (Å²) in [5.41, 5.74) is 8.41. The fourth-order valence-electron chi connectivity index (χ4n) is 2.57. The van der Waals surface area contributed by atoms with Gasteiger partial charge in [-0.3, -0.25) is 0 Å². The molecular formula is C20H22N4O3. The highest BCUT2D eigenvalue weighted by Gasteiger charge is 2.06. The van der Waals surface area contributed by atoms with Crippen LogP contribution in [0.25, 0.3) is 0 Å². The molecule has 27 heavy (non-hydrogen) atoms. The first-order valence-corrected chi connectivity index (χ1v) is 8.38. The Morgan fingerprint density at radius 3 is 2.63 bits per heavy atom. The van der Waals surface area contributed by atoms with Crippen LogP contribution in [0, 0.1) is 6.92 Å². The highest BCUT2D eigenvalue weighted by molar-refractivity contribution is 5.80. The normalized spacial score (nSPS) is 10.9. The van der Waals surface area contributed by atoms with Crippen LogP contribution in [-0.4, -0.2) is 30.1 Å². The predicted molar refractivity (Wildman–Crippen MR) is 105 cm³/mol. The molecule has 0 radical (unpaired) electrons. The summed E-state index contributed by atoms with van der Waals surface area (Å²) in [4.78, 5) is 4.12. The van der Waals surface area contributed by atoms with Crippen molar-refractivity contribution in [2.45, 2.75) is 13.5 Å². The Kier molecular flexibility index (Phi) is 5.61. The van der Waals surface area contributed by atoms with E-state index in [0.29, 0.717) is 12.6 Å². The highest BCUT2D eigenvalue weighted by atomic mass is 16.5. The van der Waals surface area contributed by atoms with E-state index in [0.717, 1.165) is 34.1 Å². The van der Waals surface area contributed by atoms with Gasteiger partial charge in [-0.25, -0.2) is 9.66 Å². The van der Waals surface area contributed by atoms with Crippen molar-refractivity contribution in [1.82, 2.24) is 9.66 Å². The van der Waals surface area contributed by atoms with Crippen LogP contribution in [0.1, 0.15) is 16.8 Å². The number of hydrogen-bond acceptors (Lipinski definition) is 6. The van der Waals surface area contributed by atoms with Crippen LogP contribution in [0.5, 0.6) is 17.2 Å². The van der Waals surface area contributed by atoms with Gasteiger partial charge >= 0.3 is 0 Å². The van der Waals surface area contributed by atoms with Crippen LogP contribution >= 0.6 is 0 Å². The lowest BCUT2D eigenvalue weighted by molar-refractivity contribution is 0.294. The molecule has 3 rings (SSSR count). The lowest BCUT2D eigenvalue weighted by Crippen LogP contribution is -2.01. The number of aromatic nitrogens is 2. The summed E-state index contributed by atoms with van der Waals surface area (Å²) in [6, 6.07) is 13.2. The number of nitrogen functional groups attached to an aromatic ring is 1. The van der Waals surface area contributed by atoms with Gasteiger partial charge in [0.05, 0.1) is 32.3 Å². The van der Waals surface area contributed by atoms with Crippen LogP contribution in [-0.2, 0) is 6.61 Å². The van der Waals surface area contributed by atoms with E-state index < -0.39 is 0 Å². The van der Waals surface area contributed by atoms with Crippen LogP contribution in [0.3, 0.4) is 0 Å². The average Bonchev–Trinajstić information content (AvgIpc) is 3.02. The summed E-state index contributed by atoms with van der Waals surface area (Å²) >= 11 is 0. The van der Waals surface area contributed by atoms with E-state index in [4.69, 9.17) is 19.9 Å². The van der Waals surface area contributed by atoms with Crippen molar-refractivity contribution < 1.29 is 14.2 Å². The van der Waals surface area contributed by atoms with E-state index in [2.05, 4.69) is 10.1 Å². The summed E-state index contributed by atoms with van der Waals surface area (Å²) in [5.74, 6) is 2.55. The largest absolute Gasteiger partial charge is 0.497 e. The molecule has 3 aromatic rings. The average molecular weight is 366 g/mol. The predicted octanol–water partition coefficient (Wildman–Crippen LogP) is 3.25. The van der Waals surface area contributed by atoms with Gasteiger partial charge in [-0.2, -0.15) is 5.10 Å². The van der Waals surface area contributed by atoms with E-state index in [9.17, 15) is 0 Å². The van der Waals surface area contributed by atoms with Crippen LogP contribution < -0.4 is 19.9 Å². The molecule has 0 saturated heterocycles. The second kappa shape index (κ2) is 8.27. The third kappa shape index (κ3) is 4.58. The summed E-state index contributed by atoms with van der Waals surface area (Å²) in [5, 5.41) is 4.34. The van der Waals surface area contributed by atoms with Crippen molar-refractivity contribution in [3.63, 3.8) is 0 Å². The Labute approximate surface area is 158 Å². The number of imidazole rings is 1. The number of methoxy groups -OCH3 is 2. The standard InChI is InChI=1S/C20H22N4O3/c1-14-12-24(20(21)23-14)22-11-15-7-8-19(26-3)16(9-15)13-27-18-6-4-5-17(10-18)25-2/h4-12H,13H2,1-3H3,(H2,21,23). The van der Waals surface area contributed by atoms with Crippen molar-refractivity contribution in [3.8, 4) is 17.2 Å². The summed E-state index contributed by atoms with van der Waals surface area (Å²) in [6.07, 6.45) is 3.48. The second-order valence-electron chi connectivity index (χ2n) is 5.87. The fraction of sp³-hybridized carbons (Fsp3) is 0.200. The minimum absolute atomic E-state index is 0.346. The first-order valence-electron chi connectivity index (χ1n) is 8.38. The van der Waals surface area contributed by atoms with E-state index in [1.165, 1.54) is 4.68 Å². The highest BCUT2D eigenvalue weighted by Crippen LogP contribution is 2.24. The zero-order valence-electron chi connectivity index (χ0n) is 15.5. The van der Waals surface area contributed by atoms with Gasteiger partial charge in [0.2, 0.25) is 5.95 Å². The molecule has 0 aliphatic heterocycles.